The predicted molar refractivity (Wildman–Crippen MR) is 36.0 cm³/mol. The number of methoxy groups -OCH3 is 1. The van der Waals surface area contributed by atoms with Crippen molar-refractivity contribution in [3.8, 4) is 0 Å². The number of rotatable bonds is 1. The van der Waals surface area contributed by atoms with Crippen molar-refractivity contribution in [3.63, 3.8) is 0 Å². The van der Waals surface area contributed by atoms with Crippen LogP contribution in [-0.2, 0) is 14.2 Å². The van der Waals surface area contributed by atoms with Crippen molar-refractivity contribution in [1.29, 1.82) is 0 Å². The van der Waals surface area contributed by atoms with Gasteiger partial charge in [0.1, 0.15) is 18.3 Å². The van der Waals surface area contributed by atoms with E-state index in [1.165, 1.54) is 0 Å². The summed E-state index contributed by atoms with van der Waals surface area (Å²) in [4.78, 5) is 0. The molecule has 0 amide bonds. The number of hydrogen-bond donors (Lipinski definition) is 1. The van der Waals surface area contributed by atoms with Crippen molar-refractivity contribution in [3.05, 3.63) is 0 Å². The molecular weight excluding hydrogens is 148 g/mol. The van der Waals surface area contributed by atoms with E-state index in [9.17, 15) is 5.11 Å². The molecule has 2 heterocycles. The van der Waals surface area contributed by atoms with Crippen molar-refractivity contribution in [2.75, 3.05) is 7.11 Å². The zero-order chi connectivity index (χ0) is 8.01. The van der Waals surface area contributed by atoms with Crippen LogP contribution in [0.25, 0.3) is 0 Å². The summed E-state index contributed by atoms with van der Waals surface area (Å²) in [5.74, 6) is 0. The van der Waals surface area contributed by atoms with Gasteiger partial charge in [0.15, 0.2) is 6.29 Å². The van der Waals surface area contributed by atoms with Crippen LogP contribution in [0.3, 0.4) is 0 Å². The third-order valence-electron chi connectivity index (χ3n) is 2.23. The van der Waals surface area contributed by atoms with Gasteiger partial charge in [0.2, 0.25) is 0 Å². The van der Waals surface area contributed by atoms with Crippen LogP contribution in [0.15, 0.2) is 0 Å². The van der Waals surface area contributed by atoms with Crippen LogP contribution in [0.4, 0.5) is 0 Å². The molecule has 0 bridgehead atoms. The topological polar surface area (TPSA) is 51.2 Å². The van der Waals surface area contributed by atoms with Gasteiger partial charge in [-0.3, -0.25) is 0 Å². The lowest BCUT2D eigenvalue weighted by Crippen LogP contribution is -2.43. The summed E-state index contributed by atoms with van der Waals surface area (Å²) in [6.07, 6.45) is -1.09. The van der Waals surface area contributed by atoms with Crippen LogP contribution in [0.5, 0.6) is 0 Å². The normalized spacial score (nSPS) is 55.4. The first-order valence-electron chi connectivity index (χ1n) is 3.76. The molecule has 2 rings (SSSR count). The minimum Gasteiger partial charge on any atom is -0.388 e. The largest absolute Gasteiger partial charge is 0.388 e. The van der Waals surface area contributed by atoms with Crippen molar-refractivity contribution < 1.29 is 19.3 Å². The molecule has 0 aromatic heterocycles. The average molecular weight is 160 g/mol. The van der Waals surface area contributed by atoms with Gasteiger partial charge >= 0.3 is 0 Å². The van der Waals surface area contributed by atoms with Gasteiger partial charge in [0.05, 0.1) is 6.10 Å². The van der Waals surface area contributed by atoms with Crippen LogP contribution < -0.4 is 0 Å². The molecule has 2 saturated heterocycles. The Morgan fingerprint density at radius 1 is 1.27 bits per heavy atom. The standard InChI is InChI=1S/C7H12O4/c1-3-4(8)5-6(11-5)7(9-2)10-3/h3-8H,1-2H3/t3-,4-,5+,6-,7+/m1/s1. The molecule has 0 unspecified atom stereocenters. The van der Waals surface area contributed by atoms with Crippen LogP contribution in [0, 0.1) is 0 Å². The fraction of sp³-hybridized carbons (Fsp3) is 1.00. The zero-order valence-corrected chi connectivity index (χ0v) is 6.56. The van der Waals surface area contributed by atoms with Gasteiger partial charge in [0.25, 0.3) is 0 Å². The highest BCUT2D eigenvalue weighted by atomic mass is 16.7. The third kappa shape index (κ3) is 1.06. The van der Waals surface area contributed by atoms with Gasteiger partial charge in [-0.1, -0.05) is 0 Å². The van der Waals surface area contributed by atoms with E-state index in [2.05, 4.69) is 0 Å². The van der Waals surface area contributed by atoms with Crippen molar-refractivity contribution >= 4 is 0 Å². The fourth-order valence-corrected chi connectivity index (χ4v) is 1.46. The Morgan fingerprint density at radius 2 is 2.00 bits per heavy atom. The minimum absolute atomic E-state index is 0.0498. The van der Waals surface area contributed by atoms with E-state index >= 15 is 0 Å². The lowest BCUT2D eigenvalue weighted by Gasteiger charge is -2.27. The Kier molecular flexibility index (Phi) is 1.64. The van der Waals surface area contributed by atoms with Crippen molar-refractivity contribution in [2.45, 2.75) is 37.6 Å². The fourth-order valence-electron chi connectivity index (χ4n) is 1.46. The summed E-state index contributed by atoms with van der Waals surface area (Å²) in [6, 6.07) is 0. The van der Waals surface area contributed by atoms with Gasteiger partial charge in [-0.15, -0.1) is 0 Å². The van der Waals surface area contributed by atoms with Gasteiger partial charge in [-0.05, 0) is 6.92 Å². The Morgan fingerprint density at radius 3 is 2.64 bits per heavy atom. The van der Waals surface area contributed by atoms with Gasteiger partial charge in [-0.25, -0.2) is 0 Å². The summed E-state index contributed by atoms with van der Waals surface area (Å²) in [6.45, 7) is 1.81. The van der Waals surface area contributed by atoms with E-state index in [0.29, 0.717) is 0 Å². The highest BCUT2D eigenvalue weighted by Gasteiger charge is 2.56. The lowest BCUT2D eigenvalue weighted by molar-refractivity contribution is -0.193. The molecule has 64 valence electrons. The molecule has 0 radical (unpaired) electrons. The molecule has 1 N–H and O–H groups in total. The highest BCUT2D eigenvalue weighted by molar-refractivity contribution is 4.99. The molecule has 0 saturated carbocycles. The second kappa shape index (κ2) is 2.42. The molecule has 4 nitrogen and oxygen atoms in total. The first-order valence-corrected chi connectivity index (χ1v) is 3.76. The molecule has 0 aromatic carbocycles. The average Bonchev–Trinajstić information content (AvgIpc) is 2.76. The minimum atomic E-state index is -0.494. The Labute approximate surface area is 65.1 Å². The van der Waals surface area contributed by atoms with Crippen LogP contribution in [-0.4, -0.2) is 42.9 Å². The van der Waals surface area contributed by atoms with Crippen molar-refractivity contribution in [2.24, 2.45) is 0 Å². The summed E-state index contributed by atoms with van der Waals surface area (Å²) in [7, 11) is 1.58. The number of hydrogen-bond acceptors (Lipinski definition) is 4. The van der Waals surface area contributed by atoms with E-state index < -0.39 is 6.10 Å². The van der Waals surface area contributed by atoms with Crippen LogP contribution >= 0.6 is 0 Å². The zero-order valence-electron chi connectivity index (χ0n) is 6.56. The second-order valence-electron chi connectivity index (χ2n) is 3.00. The van der Waals surface area contributed by atoms with Crippen LogP contribution in [0.2, 0.25) is 0 Å². The number of epoxide rings is 1. The number of aliphatic hydroxyl groups excluding tert-OH is 1. The molecule has 4 heteroatoms. The number of aliphatic hydroxyl groups is 1. The predicted octanol–water partition coefficient (Wildman–Crippen LogP) is -0.494. The molecule has 2 aliphatic heterocycles. The van der Waals surface area contributed by atoms with E-state index in [4.69, 9.17) is 14.2 Å². The Balaban J connectivity index is 2.02. The SMILES string of the molecule is CO[C@H]1O[C@H](C)[C@@H](O)[C@@H]2O[C@@H]12. The molecular formula is C7H12O4. The molecule has 2 aliphatic rings. The van der Waals surface area contributed by atoms with Gasteiger partial charge < -0.3 is 19.3 Å². The molecule has 0 aromatic rings. The quantitative estimate of drug-likeness (QED) is 0.526. The maximum absolute atomic E-state index is 9.40. The monoisotopic (exact) mass is 160 g/mol. The summed E-state index contributed by atoms with van der Waals surface area (Å²) >= 11 is 0. The number of fused-ring (bicyclic) bond motifs is 1. The Hall–Kier alpha value is -0.160. The molecule has 11 heavy (non-hydrogen) atoms. The second-order valence-corrected chi connectivity index (χ2v) is 3.00. The molecule has 5 atom stereocenters. The Bertz CT molecular complexity index is 157. The summed E-state index contributed by atoms with van der Waals surface area (Å²) in [5, 5.41) is 9.40. The van der Waals surface area contributed by atoms with E-state index in [1.807, 2.05) is 6.92 Å². The summed E-state index contributed by atoms with van der Waals surface area (Å²) < 4.78 is 15.5. The van der Waals surface area contributed by atoms with E-state index in [0.717, 1.165) is 0 Å². The van der Waals surface area contributed by atoms with Crippen LogP contribution in [0.1, 0.15) is 6.92 Å². The maximum Gasteiger partial charge on any atom is 0.186 e. The first kappa shape index (κ1) is 7.49. The lowest BCUT2D eigenvalue weighted by atomic mass is 10.1. The summed E-state index contributed by atoms with van der Waals surface area (Å²) in [5.41, 5.74) is 0. The molecule has 0 spiro atoms. The van der Waals surface area contributed by atoms with Gasteiger partial charge in [-0.2, -0.15) is 0 Å². The molecule has 0 aliphatic carbocycles. The third-order valence-corrected chi connectivity index (χ3v) is 2.23. The van der Waals surface area contributed by atoms with E-state index in [-0.39, 0.29) is 24.6 Å². The van der Waals surface area contributed by atoms with Gasteiger partial charge in [0, 0.05) is 7.11 Å². The molecule has 2 fully saturated rings. The smallest absolute Gasteiger partial charge is 0.186 e. The van der Waals surface area contributed by atoms with Crippen molar-refractivity contribution in [1.82, 2.24) is 0 Å². The van der Waals surface area contributed by atoms with E-state index in [1.54, 1.807) is 7.11 Å². The highest BCUT2D eigenvalue weighted by Crippen LogP contribution is 2.37. The first-order chi connectivity index (χ1) is 5.24. The number of ether oxygens (including phenoxy) is 3. The maximum atomic E-state index is 9.40.